The number of amides is 2. The molecular formula is C25H35N3O3S. The van der Waals surface area contributed by atoms with Crippen LogP contribution in [0.4, 0.5) is 0 Å². The third-order valence-corrected chi connectivity index (χ3v) is 7.14. The monoisotopic (exact) mass is 457 g/mol. The highest BCUT2D eigenvalue weighted by Crippen LogP contribution is 2.35. The van der Waals surface area contributed by atoms with E-state index in [1.807, 2.05) is 50.5 Å². The van der Waals surface area contributed by atoms with E-state index in [1.165, 1.54) is 0 Å². The SMILES string of the molecule is Cc1ncsc1-c1ccc(CNC(=O)[C@@H]2C[C@@H](O)CN2C(=O)[C@H](C(C)C)C(C)(C)C)cc1. The highest BCUT2D eigenvalue weighted by Gasteiger charge is 2.44. The number of nitrogens with zero attached hydrogens (tertiary/aromatic N) is 2. The summed E-state index contributed by atoms with van der Waals surface area (Å²) >= 11 is 1.61. The molecule has 2 aromatic rings. The fourth-order valence-corrected chi connectivity index (χ4v) is 5.61. The third-order valence-electron chi connectivity index (χ3n) is 6.16. The number of carbonyl (C=O) groups excluding carboxylic acids is 2. The molecule has 3 atom stereocenters. The zero-order chi connectivity index (χ0) is 23.6. The van der Waals surface area contributed by atoms with Gasteiger partial charge in [-0.25, -0.2) is 4.98 Å². The first-order chi connectivity index (χ1) is 15.0. The molecule has 0 spiro atoms. The van der Waals surface area contributed by atoms with Crippen LogP contribution >= 0.6 is 11.3 Å². The molecule has 0 radical (unpaired) electrons. The van der Waals surface area contributed by atoms with Crippen molar-refractivity contribution >= 4 is 23.2 Å². The van der Waals surface area contributed by atoms with Crippen LogP contribution in [-0.4, -0.2) is 45.5 Å². The summed E-state index contributed by atoms with van der Waals surface area (Å²) in [5, 5.41) is 13.2. The number of likely N-dealkylation sites (tertiary alicyclic amines) is 1. The fraction of sp³-hybridized carbons (Fsp3) is 0.560. The summed E-state index contributed by atoms with van der Waals surface area (Å²) in [5.41, 5.74) is 4.72. The Morgan fingerprint density at radius 2 is 1.91 bits per heavy atom. The van der Waals surface area contributed by atoms with Crippen molar-refractivity contribution in [2.24, 2.45) is 17.3 Å². The number of aliphatic hydroxyl groups excluding tert-OH is 1. The van der Waals surface area contributed by atoms with Crippen molar-refractivity contribution in [3.05, 3.63) is 41.0 Å². The Morgan fingerprint density at radius 1 is 1.25 bits per heavy atom. The van der Waals surface area contributed by atoms with Gasteiger partial charge in [0.2, 0.25) is 11.8 Å². The number of nitrogens with one attached hydrogen (secondary N) is 1. The minimum absolute atomic E-state index is 0.0477. The fourth-order valence-electron chi connectivity index (χ4n) is 4.80. The van der Waals surface area contributed by atoms with Crippen molar-refractivity contribution in [2.45, 2.75) is 66.7 Å². The molecular weight excluding hydrogens is 422 g/mol. The number of hydrogen-bond donors (Lipinski definition) is 2. The van der Waals surface area contributed by atoms with E-state index in [4.69, 9.17) is 0 Å². The van der Waals surface area contributed by atoms with Crippen LogP contribution < -0.4 is 5.32 Å². The van der Waals surface area contributed by atoms with Gasteiger partial charge in [0.25, 0.3) is 0 Å². The van der Waals surface area contributed by atoms with Crippen LogP contribution in [0.1, 0.15) is 52.3 Å². The molecule has 1 fully saturated rings. The second-order valence-electron chi connectivity index (χ2n) is 10.2. The van der Waals surface area contributed by atoms with Crippen LogP contribution in [0.5, 0.6) is 0 Å². The molecule has 7 heteroatoms. The smallest absolute Gasteiger partial charge is 0.243 e. The van der Waals surface area contributed by atoms with E-state index < -0.39 is 12.1 Å². The van der Waals surface area contributed by atoms with Crippen LogP contribution in [0.3, 0.4) is 0 Å². The molecule has 3 rings (SSSR count). The Morgan fingerprint density at radius 3 is 2.44 bits per heavy atom. The van der Waals surface area contributed by atoms with Gasteiger partial charge in [0.15, 0.2) is 0 Å². The van der Waals surface area contributed by atoms with E-state index in [0.717, 1.165) is 21.7 Å². The topological polar surface area (TPSA) is 82.5 Å². The van der Waals surface area contributed by atoms with Gasteiger partial charge in [-0.05, 0) is 29.4 Å². The first-order valence-electron chi connectivity index (χ1n) is 11.2. The molecule has 0 aliphatic carbocycles. The van der Waals surface area contributed by atoms with Crippen LogP contribution in [0.25, 0.3) is 10.4 Å². The predicted molar refractivity (Wildman–Crippen MR) is 128 cm³/mol. The number of carbonyl (C=O) groups is 2. The molecule has 1 aromatic carbocycles. The van der Waals surface area contributed by atoms with Gasteiger partial charge in [-0.1, -0.05) is 58.9 Å². The molecule has 1 aliphatic heterocycles. The average molecular weight is 458 g/mol. The van der Waals surface area contributed by atoms with Crippen molar-refractivity contribution < 1.29 is 14.7 Å². The summed E-state index contributed by atoms with van der Waals surface area (Å²) in [4.78, 5) is 33.4. The molecule has 0 unspecified atom stereocenters. The molecule has 2 amide bonds. The first-order valence-corrected chi connectivity index (χ1v) is 12.1. The lowest BCUT2D eigenvalue weighted by molar-refractivity contribution is -0.146. The number of aryl methyl sites for hydroxylation is 1. The lowest BCUT2D eigenvalue weighted by Gasteiger charge is -2.37. The maximum absolute atomic E-state index is 13.4. The van der Waals surface area contributed by atoms with Gasteiger partial charge < -0.3 is 15.3 Å². The second kappa shape index (κ2) is 9.71. The number of thiazole rings is 1. The highest BCUT2D eigenvalue weighted by molar-refractivity contribution is 7.13. The maximum atomic E-state index is 13.4. The zero-order valence-corrected chi connectivity index (χ0v) is 20.7. The summed E-state index contributed by atoms with van der Waals surface area (Å²) in [7, 11) is 0. The number of aliphatic hydroxyl groups is 1. The zero-order valence-electron chi connectivity index (χ0n) is 19.9. The van der Waals surface area contributed by atoms with Crippen molar-refractivity contribution in [1.82, 2.24) is 15.2 Å². The van der Waals surface area contributed by atoms with Crippen molar-refractivity contribution in [1.29, 1.82) is 0 Å². The number of benzene rings is 1. The van der Waals surface area contributed by atoms with Gasteiger partial charge in [-0.3, -0.25) is 9.59 Å². The molecule has 2 heterocycles. The quantitative estimate of drug-likeness (QED) is 0.687. The summed E-state index contributed by atoms with van der Waals surface area (Å²) in [6.07, 6.45) is -0.403. The largest absolute Gasteiger partial charge is 0.391 e. The molecule has 174 valence electrons. The van der Waals surface area contributed by atoms with Crippen molar-refractivity contribution in [3.8, 4) is 10.4 Å². The third kappa shape index (κ3) is 5.38. The standard InChI is InChI=1S/C25H35N3O3S/c1-15(2)21(25(4,5)6)24(31)28-13-19(29)11-20(28)23(30)26-12-17-7-9-18(10-8-17)22-16(3)27-14-32-22/h7-10,14-15,19-21,29H,11-13H2,1-6H3,(H,26,30)/t19-,20+,21+/m1/s1. The highest BCUT2D eigenvalue weighted by atomic mass is 32.1. The van der Waals surface area contributed by atoms with Crippen LogP contribution in [0.2, 0.25) is 0 Å². The van der Waals surface area contributed by atoms with Crippen LogP contribution in [0.15, 0.2) is 29.8 Å². The summed E-state index contributed by atoms with van der Waals surface area (Å²) in [6, 6.07) is 7.42. The van der Waals surface area contributed by atoms with Crippen molar-refractivity contribution in [3.63, 3.8) is 0 Å². The Hall–Kier alpha value is -2.25. The van der Waals surface area contributed by atoms with Gasteiger partial charge in [0.1, 0.15) is 6.04 Å². The normalized spacial score (nSPS) is 19.9. The minimum Gasteiger partial charge on any atom is -0.391 e. The van der Waals surface area contributed by atoms with E-state index in [1.54, 1.807) is 16.2 Å². The van der Waals surface area contributed by atoms with E-state index >= 15 is 0 Å². The Balaban J connectivity index is 1.67. The lowest BCUT2D eigenvalue weighted by atomic mass is 9.73. The van der Waals surface area contributed by atoms with Gasteiger partial charge in [-0.15, -0.1) is 11.3 Å². The summed E-state index contributed by atoms with van der Waals surface area (Å²) in [5.74, 6) is -0.335. The molecule has 32 heavy (non-hydrogen) atoms. The predicted octanol–water partition coefficient (Wildman–Crippen LogP) is 4.01. The van der Waals surface area contributed by atoms with Gasteiger partial charge in [0, 0.05) is 25.4 Å². The average Bonchev–Trinajstić information content (AvgIpc) is 3.30. The maximum Gasteiger partial charge on any atom is 0.243 e. The van der Waals surface area contributed by atoms with E-state index in [0.29, 0.717) is 6.54 Å². The summed E-state index contributed by atoms with van der Waals surface area (Å²) in [6.45, 7) is 12.8. The van der Waals surface area contributed by atoms with E-state index in [2.05, 4.69) is 31.1 Å². The number of rotatable bonds is 6. The van der Waals surface area contributed by atoms with Crippen LogP contribution in [-0.2, 0) is 16.1 Å². The van der Waals surface area contributed by atoms with Crippen LogP contribution in [0, 0.1) is 24.2 Å². The Labute approximate surface area is 195 Å². The number of hydrogen-bond acceptors (Lipinski definition) is 5. The van der Waals surface area contributed by atoms with E-state index in [-0.39, 0.29) is 42.0 Å². The van der Waals surface area contributed by atoms with Gasteiger partial charge in [-0.2, -0.15) is 0 Å². The number of aromatic nitrogens is 1. The summed E-state index contributed by atoms with van der Waals surface area (Å²) < 4.78 is 0. The van der Waals surface area contributed by atoms with E-state index in [9.17, 15) is 14.7 Å². The molecule has 1 aromatic heterocycles. The van der Waals surface area contributed by atoms with Gasteiger partial charge >= 0.3 is 0 Å². The Bertz CT molecular complexity index is 946. The van der Waals surface area contributed by atoms with Gasteiger partial charge in [0.05, 0.1) is 22.2 Å². The molecule has 1 aliphatic rings. The van der Waals surface area contributed by atoms with Crippen molar-refractivity contribution in [2.75, 3.05) is 6.54 Å². The second-order valence-corrected chi connectivity index (χ2v) is 11.0. The Kier molecular flexibility index (Phi) is 7.40. The lowest BCUT2D eigenvalue weighted by Crippen LogP contribution is -2.50. The molecule has 1 saturated heterocycles. The molecule has 2 N–H and O–H groups in total. The first kappa shape index (κ1) is 24.4. The minimum atomic E-state index is -0.676. The molecule has 0 saturated carbocycles. The number of β-amino-alcohol motifs (C(OH)–C–C–N with tert-alkyl or cyclic N) is 1. The molecule has 6 nitrogen and oxygen atoms in total. The molecule has 0 bridgehead atoms.